The highest BCUT2D eigenvalue weighted by molar-refractivity contribution is 6.31. The predicted octanol–water partition coefficient (Wildman–Crippen LogP) is 1.84. The summed E-state index contributed by atoms with van der Waals surface area (Å²) in [7, 11) is 0. The quantitative estimate of drug-likeness (QED) is 0.881. The predicted molar refractivity (Wildman–Crippen MR) is 77.8 cm³/mol. The van der Waals surface area contributed by atoms with Gasteiger partial charge in [0.05, 0.1) is 11.4 Å². The molecule has 0 fully saturated rings. The van der Waals surface area contributed by atoms with Gasteiger partial charge in [0.15, 0.2) is 0 Å². The highest BCUT2D eigenvalue weighted by Crippen LogP contribution is 2.24. The number of benzene rings is 1. The van der Waals surface area contributed by atoms with Crippen LogP contribution in [0.1, 0.15) is 13.3 Å². The van der Waals surface area contributed by atoms with Crippen molar-refractivity contribution in [1.29, 1.82) is 0 Å². The van der Waals surface area contributed by atoms with Gasteiger partial charge in [-0.25, -0.2) is 9.67 Å². The topological polar surface area (TPSA) is 85.8 Å². The molecule has 6 nitrogen and oxygen atoms in total. The van der Waals surface area contributed by atoms with Crippen LogP contribution in [-0.4, -0.2) is 27.2 Å². The molecule has 1 heterocycles. The first-order chi connectivity index (χ1) is 9.60. The van der Waals surface area contributed by atoms with Crippen molar-refractivity contribution >= 4 is 23.2 Å². The Bertz CT molecular complexity index is 584. The molecule has 20 heavy (non-hydrogen) atoms. The number of hydrogen-bond acceptors (Lipinski definition) is 4. The maximum atomic E-state index is 12.0. The average molecular weight is 294 g/mol. The number of carbonyl (C=O) groups excluding carboxylic acids is 1. The minimum atomic E-state index is -0.105. The molecule has 0 saturated carbocycles. The van der Waals surface area contributed by atoms with E-state index < -0.39 is 0 Å². The van der Waals surface area contributed by atoms with Gasteiger partial charge in [0, 0.05) is 11.4 Å². The molecule has 1 unspecified atom stereocenters. The van der Waals surface area contributed by atoms with E-state index >= 15 is 0 Å². The molecule has 106 valence electrons. The van der Waals surface area contributed by atoms with Gasteiger partial charge in [-0.3, -0.25) is 4.79 Å². The first-order valence-corrected chi connectivity index (χ1v) is 6.62. The van der Waals surface area contributed by atoms with Gasteiger partial charge in [0.1, 0.15) is 12.7 Å². The van der Waals surface area contributed by atoms with Crippen molar-refractivity contribution in [3.8, 4) is 5.69 Å². The van der Waals surface area contributed by atoms with Crippen molar-refractivity contribution in [3.63, 3.8) is 0 Å². The van der Waals surface area contributed by atoms with Crippen LogP contribution >= 0.6 is 11.6 Å². The third-order valence-corrected chi connectivity index (χ3v) is 3.07. The number of rotatable bonds is 5. The van der Waals surface area contributed by atoms with E-state index in [1.165, 1.54) is 6.33 Å². The fraction of sp³-hybridized carbons (Fsp3) is 0.308. The summed E-state index contributed by atoms with van der Waals surface area (Å²) in [6.07, 6.45) is 3.35. The molecular weight excluding hydrogens is 278 g/mol. The number of amides is 1. The molecule has 0 aliphatic rings. The number of carbonyl (C=O) groups is 1. The fourth-order valence-electron chi connectivity index (χ4n) is 1.74. The lowest BCUT2D eigenvalue weighted by Crippen LogP contribution is -2.20. The lowest BCUT2D eigenvalue weighted by atomic mass is 10.1. The molecule has 1 atom stereocenters. The average Bonchev–Trinajstić information content (AvgIpc) is 2.92. The van der Waals surface area contributed by atoms with Gasteiger partial charge in [-0.1, -0.05) is 18.5 Å². The second-order valence-electron chi connectivity index (χ2n) is 4.59. The molecule has 1 aromatic carbocycles. The maximum absolute atomic E-state index is 12.0. The summed E-state index contributed by atoms with van der Waals surface area (Å²) in [5.41, 5.74) is 6.82. The third-order valence-electron chi connectivity index (χ3n) is 2.83. The number of nitrogens with one attached hydrogen (secondary N) is 1. The molecular formula is C13H16ClN5O. The number of aromatic nitrogens is 3. The fourth-order valence-corrected chi connectivity index (χ4v) is 1.91. The molecule has 0 radical (unpaired) electrons. The van der Waals surface area contributed by atoms with Gasteiger partial charge >= 0.3 is 0 Å². The minimum Gasteiger partial charge on any atom is -0.330 e. The van der Waals surface area contributed by atoms with E-state index in [-0.39, 0.29) is 11.8 Å². The Labute approximate surface area is 121 Å². The number of nitrogens with zero attached hydrogens (tertiary/aromatic N) is 3. The zero-order valence-electron chi connectivity index (χ0n) is 11.1. The van der Waals surface area contributed by atoms with Crippen LogP contribution in [0.2, 0.25) is 5.02 Å². The van der Waals surface area contributed by atoms with Crippen LogP contribution in [0, 0.1) is 5.92 Å². The van der Waals surface area contributed by atoms with E-state index in [2.05, 4.69) is 15.4 Å². The van der Waals surface area contributed by atoms with E-state index in [9.17, 15) is 4.79 Å². The summed E-state index contributed by atoms with van der Waals surface area (Å²) in [4.78, 5) is 15.9. The van der Waals surface area contributed by atoms with Crippen LogP contribution in [-0.2, 0) is 4.79 Å². The molecule has 1 amide bonds. The number of halogens is 1. The molecule has 2 aromatic rings. The SMILES string of the molecule is CC(CN)CC(=O)Nc1cc(Cl)ccc1-n1cncn1. The highest BCUT2D eigenvalue weighted by atomic mass is 35.5. The van der Waals surface area contributed by atoms with Gasteiger partial charge in [-0.05, 0) is 30.7 Å². The van der Waals surface area contributed by atoms with Gasteiger partial charge in [-0.15, -0.1) is 0 Å². The zero-order chi connectivity index (χ0) is 14.5. The van der Waals surface area contributed by atoms with Crippen LogP contribution in [0.3, 0.4) is 0 Å². The number of hydrogen-bond donors (Lipinski definition) is 2. The molecule has 0 saturated heterocycles. The Morgan fingerprint density at radius 1 is 1.55 bits per heavy atom. The lowest BCUT2D eigenvalue weighted by molar-refractivity contribution is -0.116. The molecule has 7 heteroatoms. The van der Waals surface area contributed by atoms with Crippen molar-refractivity contribution in [2.24, 2.45) is 11.7 Å². The van der Waals surface area contributed by atoms with Crippen LogP contribution in [0.15, 0.2) is 30.9 Å². The summed E-state index contributed by atoms with van der Waals surface area (Å²) in [6, 6.07) is 5.19. The molecule has 1 aromatic heterocycles. The Balaban J connectivity index is 2.22. The largest absolute Gasteiger partial charge is 0.330 e. The second-order valence-corrected chi connectivity index (χ2v) is 5.03. The maximum Gasteiger partial charge on any atom is 0.224 e. The summed E-state index contributed by atoms with van der Waals surface area (Å²) < 4.78 is 1.57. The van der Waals surface area contributed by atoms with Crippen molar-refractivity contribution in [3.05, 3.63) is 35.9 Å². The number of nitrogens with two attached hydrogens (primary N) is 1. The van der Waals surface area contributed by atoms with E-state index in [0.29, 0.717) is 29.4 Å². The molecule has 0 aliphatic carbocycles. The van der Waals surface area contributed by atoms with Gasteiger partial charge in [-0.2, -0.15) is 5.10 Å². The van der Waals surface area contributed by atoms with Crippen molar-refractivity contribution < 1.29 is 4.79 Å². The first kappa shape index (κ1) is 14.5. The molecule has 0 aliphatic heterocycles. The number of anilines is 1. The van der Waals surface area contributed by atoms with Crippen LogP contribution in [0.25, 0.3) is 5.69 Å². The Morgan fingerprint density at radius 3 is 3.00 bits per heavy atom. The first-order valence-electron chi connectivity index (χ1n) is 6.24. The van der Waals surface area contributed by atoms with Crippen LogP contribution in [0.5, 0.6) is 0 Å². The standard InChI is InChI=1S/C13H16ClN5O/c1-9(6-15)4-13(20)18-11-5-10(14)2-3-12(11)19-8-16-7-17-19/h2-3,5,7-9H,4,6,15H2,1H3,(H,18,20). The highest BCUT2D eigenvalue weighted by Gasteiger charge is 2.12. The second kappa shape index (κ2) is 6.49. The minimum absolute atomic E-state index is 0.105. The van der Waals surface area contributed by atoms with E-state index in [0.717, 1.165) is 0 Å². The van der Waals surface area contributed by atoms with E-state index in [4.69, 9.17) is 17.3 Å². The van der Waals surface area contributed by atoms with Gasteiger partial charge in [0.2, 0.25) is 5.91 Å². The van der Waals surface area contributed by atoms with Gasteiger partial charge in [0.25, 0.3) is 0 Å². The van der Waals surface area contributed by atoms with Crippen molar-refractivity contribution in [1.82, 2.24) is 14.8 Å². The molecule has 0 spiro atoms. The third kappa shape index (κ3) is 3.55. The van der Waals surface area contributed by atoms with E-state index in [1.807, 2.05) is 6.92 Å². The smallest absolute Gasteiger partial charge is 0.224 e. The Kier molecular flexibility index (Phi) is 4.70. The van der Waals surface area contributed by atoms with Crippen LogP contribution < -0.4 is 11.1 Å². The van der Waals surface area contributed by atoms with Gasteiger partial charge < -0.3 is 11.1 Å². The summed E-state index contributed by atoms with van der Waals surface area (Å²) >= 11 is 5.98. The molecule has 3 N–H and O–H groups in total. The summed E-state index contributed by atoms with van der Waals surface area (Å²) in [6.45, 7) is 2.40. The van der Waals surface area contributed by atoms with Crippen molar-refractivity contribution in [2.75, 3.05) is 11.9 Å². The van der Waals surface area contributed by atoms with E-state index in [1.54, 1.807) is 29.2 Å². The Morgan fingerprint density at radius 2 is 2.35 bits per heavy atom. The summed E-state index contributed by atoms with van der Waals surface area (Å²) in [5, 5.41) is 7.43. The molecule has 2 rings (SSSR count). The zero-order valence-corrected chi connectivity index (χ0v) is 11.8. The lowest BCUT2D eigenvalue weighted by Gasteiger charge is -2.13. The molecule has 0 bridgehead atoms. The van der Waals surface area contributed by atoms with Crippen LogP contribution in [0.4, 0.5) is 5.69 Å². The van der Waals surface area contributed by atoms with Crippen molar-refractivity contribution in [2.45, 2.75) is 13.3 Å². The Hall–Kier alpha value is -1.92. The normalized spacial score (nSPS) is 12.2. The summed E-state index contributed by atoms with van der Waals surface area (Å²) in [5.74, 6) is 0.0237. The monoisotopic (exact) mass is 293 g/mol.